The SMILES string of the molecule is [NH-]n1cc(CC(F)F)c2cnccc21. The summed E-state index contributed by atoms with van der Waals surface area (Å²) in [7, 11) is 0. The first-order valence-electron chi connectivity index (χ1n) is 4.12. The molecule has 0 atom stereocenters. The van der Waals surface area contributed by atoms with Gasteiger partial charge in [0, 0.05) is 29.7 Å². The van der Waals surface area contributed by atoms with Gasteiger partial charge in [0.2, 0.25) is 6.43 Å². The summed E-state index contributed by atoms with van der Waals surface area (Å²) in [4.78, 5) is 3.85. The normalized spacial score (nSPS) is 11.4. The number of fused-ring (bicyclic) bond motifs is 1. The van der Waals surface area contributed by atoms with Crippen molar-refractivity contribution in [3.63, 3.8) is 0 Å². The molecule has 0 saturated carbocycles. The second-order valence-electron chi connectivity index (χ2n) is 3.01. The summed E-state index contributed by atoms with van der Waals surface area (Å²) >= 11 is 0. The number of nitrogens with zero attached hydrogens (tertiary/aromatic N) is 2. The standard InChI is InChI=1S/C9H8F2N3/c10-9(11)3-6-5-14(12)8-1-2-13-4-7(6)8/h1-2,4-5,9,12H,3H2/q-1. The molecule has 0 spiro atoms. The monoisotopic (exact) mass is 196 g/mol. The van der Waals surface area contributed by atoms with Gasteiger partial charge in [-0.25, -0.2) is 8.78 Å². The van der Waals surface area contributed by atoms with Crippen LogP contribution in [-0.2, 0) is 6.42 Å². The maximum Gasteiger partial charge on any atom is 0.242 e. The third-order valence-electron chi connectivity index (χ3n) is 2.06. The lowest BCUT2D eigenvalue weighted by Crippen LogP contribution is -1.95. The van der Waals surface area contributed by atoms with Gasteiger partial charge in [0.15, 0.2) is 0 Å². The fraction of sp³-hybridized carbons (Fsp3) is 0.222. The van der Waals surface area contributed by atoms with E-state index in [-0.39, 0.29) is 6.42 Å². The molecule has 0 aliphatic rings. The first-order chi connectivity index (χ1) is 6.68. The predicted octanol–water partition coefficient (Wildman–Crippen LogP) is 2.66. The Balaban J connectivity index is 2.55. The zero-order valence-electron chi connectivity index (χ0n) is 7.24. The Kier molecular flexibility index (Phi) is 2.07. The number of alkyl halides is 2. The number of pyridine rings is 1. The van der Waals surface area contributed by atoms with Crippen molar-refractivity contribution in [1.29, 1.82) is 0 Å². The van der Waals surface area contributed by atoms with Crippen molar-refractivity contribution >= 4 is 10.9 Å². The molecule has 2 aromatic rings. The van der Waals surface area contributed by atoms with E-state index in [4.69, 9.17) is 5.84 Å². The maximum atomic E-state index is 12.2. The topological polar surface area (TPSA) is 41.6 Å². The summed E-state index contributed by atoms with van der Waals surface area (Å²) in [6, 6.07) is 1.64. The van der Waals surface area contributed by atoms with Crippen LogP contribution in [0, 0.1) is 0 Å². The van der Waals surface area contributed by atoms with E-state index in [9.17, 15) is 8.78 Å². The smallest absolute Gasteiger partial charge is 0.242 e. The van der Waals surface area contributed by atoms with E-state index in [0.29, 0.717) is 16.5 Å². The third-order valence-corrected chi connectivity index (χ3v) is 2.06. The molecule has 0 aromatic carbocycles. The predicted molar refractivity (Wildman–Crippen MR) is 49.2 cm³/mol. The quantitative estimate of drug-likeness (QED) is 0.727. The Labute approximate surface area is 79.1 Å². The van der Waals surface area contributed by atoms with E-state index in [1.807, 2.05) is 0 Å². The zero-order valence-corrected chi connectivity index (χ0v) is 7.24. The average Bonchev–Trinajstić information content (AvgIpc) is 2.44. The Bertz CT molecular complexity index is 450. The van der Waals surface area contributed by atoms with Crippen LogP contribution in [0.25, 0.3) is 16.7 Å². The highest BCUT2D eigenvalue weighted by molar-refractivity contribution is 5.83. The molecule has 0 aliphatic heterocycles. The van der Waals surface area contributed by atoms with Crippen molar-refractivity contribution in [2.45, 2.75) is 12.8 Å². The molecule has 0 saturated heterocycles. The molecular weight excluding hydrogens is 188 g/mol. The lowest BCUT2D eigenvalue weighted by Gasteiger charge is -2.03. The van der Waals surface area contributed by atoms with Crippen LogP contribution in [0.1, 0.15) is 5.56 Å². The maximum absolute atomic E-state index is 12.2. The summed E-state index contributed by atoms with van der Waals surface area (Å²) in [6.45, 7) is 0. The molecule has 0 radical (unpaired) electrons. The Morgan fingerprint density at radius 2 is 2.29 bits per heavy atom. The second-order valence-corrected chi connectivity index (χ2v) is 3.01. The molecule has 3 nitrogen and oxygen atoms in total. The van der Waals surface area contributed by atoms with Crippen LogP contribution in [0.5, 0.6) is 0 Å². The van der Waals surface area contributed by atoms with Crippen LogP contribution in [0.3, 0.4) is 0 Å². The van der Waals surface area contributed by atoms with Gasteiger partial charge in [-0.05, 0) is 17.8 Å². The summed E-state index contributed by atoms with van der Waals surface area (Å²) in [5.74, 6) is 7.47. The molecule has 0 bridgehead atoms. The number of rotatable bonds is 2. The fourth-order valence-corrected chi connectivity index (χ4v) is 1.47. The van der Waals surface area contributed by atoms with Crippen LogP contribution < -0.4 is 0 Å². The number of aromatic nitrogens is 2. The molecule has 14 heavy (non-hydrogen) atoms. The second kappa shape index (κ2) is 3.25. The van der Waals surface area contributed by atoms with E-state index in [0.717, 1.165) is 4.68 Å². The minimum Gasteiger partial charge on any atom is -0.631 e. The summed E-state index contributed by atoms with van der Waals surface area (Å²) < 4.78 is 25.4. The fourth-order valence-electron chi connectivity index (χ4n) is 1.47. The lowest BCUT2D eigenvalue weighted by atomic mass is 10.2. The van der Waals surface area contributed by atoms with Crippen LogP contribution in [0.15, 0.2) is 24.7 Å². The summed E-state index contributed by atoms with van der Waals surface area (Å²) in [6.07, 6.45) is 1.74. The van der Waals surface area contributed by atoms with E-state index < -0.39 is 6.43 Å². The Morgan fingerprint density at radius 3 is 3.00 bits per heavy atom. The molecule has 0 fully saturated rings. The molecule has 74 valence electrons. The molecule has 0 unspecified atom stereocenters. The van der Waals surface area contributed by atoms with E-state index >= 15 is 0 Å². The minimum atomic E-state index is -2.39. The first kappa shape index (κ1) is 8.93. The summed E-state index contributed by atoms with van der Waals surface area (Å²) in [5, 5.41) is 0.628. The van der Waals surface area contributed by atoms with Gasteiger partial charge in [0.05, 0.1) is 0 Å². The number of hydrogen-bond donors (Lipinski definition) is 0. The first-order valence-corrected chi connectivity index (χ1v) is 4.12. The molecule has 2 aromatic heterocycles. The molecule has 0 amide bonds. The van der Waals surface area contributed by atoms with Gasteiger partial charge in [-0.3, -0.25) is 4.98 Å². The largest absolute Gasteiger partial charge is 0.631 e. The number of halogens is 2. The third kappa shape index (κ3) is 1.41. The van der Waals surface area contributed by atoms with Gasteiger partial charge >= 0.3 is 0 Å². The van der Waals surface area contributed by atoms with Crippen molar-refractivity contribution in [1.82, 2.24) is 9.66 Å². The van der Waals surface area contributed by atoms with Gasteiger partial charge in [0.1, 0.15) is 0 Å². The van der Waals surface area contributed by atoms with Gasteiger partial charge in [-0.1, -0.05) is 0 Å². The highest BCUT2D eigenvalue weighted by Crippen LogP contribution is 2.21. The highest BCUT2D eigenvalue weighted by atomic mass is 19.3. The van der Waals surface area contributed by atoms with Crippen LogP contribution in [0.2, 0.25) is 0 Å². The van der Waals surface area contributed by atoms with Crippen molar-refractivity contribution in [2.75, 3.05) is 0 Å². The zero-order chi connectivity index (χ0) is 10.1. The van der Waals surface area contributed by atoms with E-state index in [1.54, 1.807) is 12.3 Å². The molecule has 2 heterocycles. The van der Waals surface area contributed by atoms with Crippen molar-refractivity contribution in [3.8, 4) is 0 Å². The van der Waals surface area contributed by atoms with E-state index in [2.05, 4.69) is 4.98 Å². The van der Waals surface area contributed by atoms with Gasteiger partial charge < -0.3 is 10.5 Å². The Hall–Kier alpha value is -1.65. The number of nitrogens with one attached hydrogen (secondary N) is 1. The molecule has 2 rings (SSSR count). The van der Waals surface area contributed by atoms with Crippen LogP contribution in [0.4, 0.5) is 8.78 Å². The Morgan fingerprint density at radius 1 is 1.50 bits per heavy atom. The summed E-state index contributed by atoms with van der Waals surface area (Å²) in [5.41, 5.74) is 1.08. The average molecular weight is 196 g/mol. The highest BCUT2D eigenvalue weighted by Gasteiger charge is 2.09. The molecule has 0 aliphatic carbocycles. The minimum absolute atomic E-state index is 0.325. The number of hydrogen-bond acceptors (Lipinski definition) is 1. The van der Waals surface area contributed by atoms with Crippen molar-refractivity contribution in [2.24, 2.45) is 0 Å². The van der Waals surface area contributed by atoms with Crippen LogP contribution >= 0.6 is 0 Å². The molecular formula is C9H8F2N3-. The lowest BCUT2D eigenvalue weighted by molar-refractivity contribution is 0.149. The molecule has 1 N–H and O–H groups in total. The van der Waals surface area contributed by atoms with Gasteiger partial charge in [-0.2, -0.15) is 0 Å². The van der Waals surface area contributed by atoms with Gasteiger partial charge in [-0.15, -0.1) is 0 Å². The van der Waals surface area contributed by atoms with Crippen molar-refractivity contribution < 1.29 is 8.78 Å². The van der Waals surface area contributed by atoms with Gasteiger partial charge in [0.25, 0.3) is 0 Å². The van der Waals surface area contributed by atoms with Crippen LogP contribution in [-0.4, -0.2) is 16.1 Å². The molecule has 5 heteroatoms. The van der Waals surface area contributed by atoms with E-state index in [1.165, 1.54) is 12.4 Å². The van der Waals surface area contributed by atoms with Crippen molar-refractivity contribution in [3.05, 3.63) is 36.1 Å².